The Balaban J connectivity index is 1.66. The number of carbonyl (C=O) groups is 1. The summed E-state index contributed by atoms with van der Waals surface area (Å²) in [5, 5.41) is 3.62. The first-order valence-electron chi connectivity index (χ1n) is 8.99. The molecule has 0 saturated carbocycles. The maximum Gasteiger partial charge on any atom is 0.262 e. The second-order valence-electron chi connectivity index (χ2n) is 6.60. The molecule has 0 fully saturated rings. The van der Waals surface area contributed by atoms with E-state index in [9.17, 15) is 9.59 Å². The number of benzene rings is 2. The van der Waals surface area contributed by atoms with Crippen molar-refractivity contribution in [2.45, 2.75) is 23.9 Å². The second-order valence-corrected chi connectivity index (χ2v) is 8.12. The van der Waals surface area contributed by atoms with Crippen LogP contribution in [0.15, 0.2) is 64.8 Å². The minimum Gasteiger partial charge on any atom is -0.345 e. The number of aromatic nitrogens is 2. The topological polar surface area (TPSA) is 66.9 Å². The molecule has 1 unspecified atom stereocenters. The number of aromatic amines is 1. The maximum atomic E-state index is 12.9. The molecule has 0 saturated heterocycles. The Bertz CT molecular complexity index is 1200. The average Bonchev–Trinajstić information content (AvgIpc) is 2.71. The van der Waals surface area contributed by atoms with Crippen molar-refractivity contribution in [3.05, 3.63) is 81.4 Å². The van der Waals surface area contributed by atoms with Crippen LogP contribution in [0.1, 0.15) is 28.4 Å². The fourth-order valence-corrected chi connectivity index (χ4v) is 4.82. The SMILES string of the molecule is C=CCn1c(=S)[nH]c2cc(C(=O)NC3CCSc4ccccc43)ccc2c1=O. The van der Waals surface area contributed by atoms with Gasteiger partial charge in [0.05, 0.1) is 16.9 Å². The number of amides is 1. The van der Waals surface area contributed by atoms with Crippen LogP contribution in [0.2, 0.25) is 0 Å². The standard InChI is InChI=1S/C21H19N3O2S2/c1-2-10-24-20(26)15-8-7-13(12-17(15)23-21(24)27)19(25)22-16-9-11-28-18-6-4-3-5-14(16)18/h2-8,12,16H,1,9-11H2,(H,22,25)(H,23,27). The fraction of sp³-hybridized carbons (Fsp3) is 0.190. The normalized spacial score (nSPS) is 15.8. The van der Waals surface area contributed by atoms with Gasteiger partial charge in [0.2, 0.25) is 0 Å². The van der Waals surface area contributed by atoms with Crippen LogP contribution in [0.4, 0.5) is 0 Å². The minimum absolute atomic E-state index is 0.0141. The van der Waals surface area contributed by atoms with Gasteiger partial charge < -0.3 is 10.3 Å². The van der Waals surface area contributed by atoms with E-state index in [0.29, 0.717) is 27.8 Å². The second kappa shape index (κ2) is 7.77. The molecule has 7 heteroatoms. The van der Waals surface area contributed by atoms with Gasteiger partial charge in [-0.05, 0) is 48.5 Å². The summed E-state index contributed by atoms with van der Waals surface area (Å²) < 4.78 is 1.76. The molecule has 1 atom stereocenters. The number of H-pyrrole nitrogens is 1. The van der Waals surface area contributed by atoms with E-state index in [1.807, 2.05) is 23.9 Å². The summed E-state index contributed by atoms with van der Waals surface area (Å²) in [4.78, 5) is 29.7. The van der Waals surface area contributed by atoms with Crippen molar-refractivity contribution in [2.75, 3.05) is 5.75 Å². The highest BCUT2D eigenvalue weighted by Gasteiger charge is 2.22. The van der Waals surface area contributed by atoms with Crippen LogP contribution in [0.5, 0.6) is 0 Å². The van der Waals surface area contributed by atoms with Gasteiger partial charge in [0.15, 0.2) is 4.77 Å². The third-order valence-electron chi connectivity index (χ3n) is 4.82. The number of thioether (sulfide) groups is 1. The van der Waals surface area contributed by atoms with Crippen LogP contribution in [0.3, 0.4) is 0 Å². The lowest BCUT2D eigenvalue weighted by molar-refractivity contribution is 0.0935. The Kier molecular flexibility index (Phi) is 5.19. The molecule has 0 aliphatic carbocycles. The highest BCUT2D eigenvalue weighted by Crippen LogP contribution is 2.35. The Hall–Kier alpha value is -2.64. The van der Waals surface area contributed by atoms with Gasteiger partial charge in [-0.1, -0.05) is 24.3 Å². The molecule has 4 rings (SSSR count). The molecule has 1 aliphatic heterocycles. The molecule has 5 nitrogen and oxygen atoms in total. The minimum atomic E-state index is -0.191. The number of rotatable bonds is 4. The quantitative estimate of drug-likeness (QED) is 0.500. The summed E-state index contributed by atoms with van der Waals surface area (Å²) >= 11 is 7.09. The van der Waals surface area contributed by atoms with E-state index in [1.165, 1.54) is 9.46 Å². The molecular formula is C21H19N3O2S2. The lowest BCUT2D eigenvalue weighted by atomic mass is 10.0. The van der Waals surface area contributed by atoms with Gasteiger partial charge in [-0.25, -0.2) is 0 Å². The van der Waals surface area contributed by atoms with Crippen molar-refractivity contribution >= 4 is 40.8 Å². The van der Waals surface area contributed by atoms with E-state index in [0.717, 1.165) is 17.7 Å². The molecule has 0 spiro atoms. The van der Waals surface area contributed by atoms with Crippen LogP contribution in [-0.4, -0.2) is 21.2 Å². The van der Waals surface area contributed by atoms with Gasteiger partial charge >= 0.3 is 0 Å². The third kappa shape index (κ3) is 3.43. The lowest BCUT2D eigenvalue weighted by Crippen LogP contribution is -2.30. The van der Waals surface area contributed by atoms with E-state index >= 15 is 0 Å². The van der Waals surface area contributed by atoms with Crippen LogP contribution >= 0.6 is 24.0 Å². The number of hydrogen-bond acceptors (Lipinski definition) is 4. The van der Waals surface area contributed by atoms with Crippen molar-refractivity contribution < 1.29 is 4.79 Å². The van der Waals surface area contributed by atoms with Gasteiger partial charge in [0.25, 0.3) is 11.5 Å². The lowest BCUT2D eigenvalue weighted by Gasteiger charge is -2.26. The van der Waals surface area contributed by atoms with Gasteiger partial charge in [-0.3, -0.25) is 14.2 Å². The van der Waals surface area contributed by atoms with E-state index in [2.05, 4.69) is 29.0 Å². The molecule has 3 aromatic rings. The highest BCUT2D eigenvalue weighted by molar-refractivity contribution is 7.99. The average molecular weight is 410 g/mol. The monoisotopic (exact) mass is 409 g/mol. The third-order valence-corrected chi connectivity index (χ3v) is 6.26. The molecule has 1 aliphatic rings. The summed E-state index contributed by atoms with van der Waals surface area (Å²) in [5.41, 5.74) is 2.01. The number of nitrogens with one attached hydrogen (secondary N) is 2. The Morgan fingerprint density at radius 1 is 1.36 bits per heavy atom. The van der Waals surface area contributed by atoms with E-state index in [-0.39, 0.29) is 17.5 Å². The molecule has 28 heavy (non-hydrogen) atoms. The molecule has 2 N–H and O–H groups in total. The van der Waals surface area contributed by atoms with Crippen molar-refractivity contribution in [1.29, 1.82) is 0 Å². The van der Waals surface area contributed by atoms with Crippen LogP contribution in [-0.2, 0) is 6.54 Å². The first-order valence-corrected chi connectivity index (χ1v) is 10.4. The van der Waals surface area contributed by atoms with Gasteiger partial charge in [0.1, 0.15) is 0 Å². The summed E-state index contributed by atoms with van der Waals surface area (Å²) in [6.45, 7) is 3.99. The zero-order valence-corrected chi connectivity index (χ0v) is 16.7. The zero-order valence-electron chi connectivity index (χ0n) is 15.1. The van der Waals surface area contributed by atoms with Crippen molar-refractivity contribution in [2.24, 2.45) is 0 Å². The highest BCUT2D eigenvalue weighted by atomic mass is 32.2. The molecule has 2 heterocycles. The molecule has 0 radical (unpaired) electrons. The summed E-state index contributed by atoms with van der Waals surface area (Å²) in [6, 6.07) is 13.2. The number of hydrogen-bond donors (Lipinski definition) is 2. The van der Waals surface area contributed by atoms with Crippen molar-refractivity contribution in [1.82, 2.24) is 14.9 Å². The van der Waals surface area contributed by atoms with E-state index in [1.54, 1.807) is 24.3 Å². The first kappa shape index (κ1) is 18.7. The van der Waals surface area contributed by atoms with Crippen LogP contribution in [0, 0.1) is 4.77 Å². The molecule has 142 valence electrons. The Morgan fingerprint density at radius 2 is 2.18 bits per heavy atom. The zero-order chi connectivity index (χ0) is 19.7. The maximum absolute atomic E-state index is 12.9. The van der Waals surface area contributed by atoms with E-state index < -0.39 is 0 Å². The largest absolute Gasteiger partial charge is 0.345 e. The van der Waals surface area contributed by atoms with Gasteiger partial charge in [-0.2, -0.15) is 0 Å². The fourth-order valence-electron chi connectivity index (χ4n) is 3.42. The Labute approximate surface area is 171 Å². The van der Waals surface area contributed by atoms with Crippen molar-refractivity contribution in [3.63, 3.8) is 0 Å². The van der Waals surface area contributed by atoms with Crippen molar-refractivity contribution in [3.8, 4) is 0 Å². The number of fused-ring (bicyclic) bond motifs is 2. The molecule has 2 aromatic carbocycles. The summed E-state index contributed by atoms with van der Waals surface area (Å²) in [5.74, 6) is 0.804. The Morgan fingerprint density at radius 3 is 3.00 bits per heavy atom. The number of nitrogens with zero attached hydrogens (tertiary/aromatic N) is 1. The molecule has 1 aromatic heterocycles. The first-order chi connectivity index (χ1) is 13.6. The van der Waals surface area contributed by atoms with Gasteiger partial charge in [-0.15, -0.1) is 18.3 Å². The smallest absolute Gasteiger partial charge is 0.262 e. The number of carbonyl (C=O) groups excluding carboxylic acids is 1. The van der Waals surface area contributed by atoms with E-state index in [4.69, 9.17) is 12.2 Å². The summed E-state index contributed by atoms with van der Waals surface area (Å²) in [7, 11) is 0. The predicted octanol–water partition coefficient (Wildman–Crippen LogP) is 4.21. The number of allylic oxidation sites excluding steroid dienone is 1. The molecule has 1 amide bonds. The van der Waals surface area contributed by atoms with Crippen LogP contribution in [0.25, 0.3) is 10.9 Å². The summed E-state index contributed by atoms with van der Waals surface area (Å²) in [6.07, 6.45) is 2.51. The molecule has 0 bridgehead atoms. The predicted molar refractivity (Wildman–Crippen MR) is 116 cm³/mol. The van der Waals surface area contributed by atoms with Crippen LogP contribution < -0.4 is 10.9 Å². The molecular weight excluding hydrogens is 390 g/mol. The van der Waals surface area contributed by atoms with Gasteiger partial charge in [0, 0.05) is 22.8 Å².